The topological polar surface area (TPSA) is 108 Å². The fraction of sp³-hybridized carbons (Fsp3) is 0.438. The summed E-state index contributed by atoms with van der Waals surface area (Å²) in [7, 11) is -2.68. The molecule has 0 bridgehead atoms. The molecule has 0 saturated heterocycles. The van der Waals surface area contributed by atoms with E-state index in [0.717, 1.165) is 22.0 Å². The van der Waals surface area contributed by atoms with Crippen LogP contribution in [0.3, 0.4) is 0 Å². The van der Waals surface area contributed by atoms with Gasteiger partial charge in [0.15, 0.2) is 5.75 Å². The molecule has 154 valence electrons. The summed E-state index contributed by atoms with van der Waals surface area (Å²) in [5.74, 6) is 0.112. The van der Waals surface area contributed by atoms with Crippen LogP contribution in [0.15, 0.2) is 24.4 Å². The lowest BCUT2D eigenvalue weighted by Crippen LogP contribution is -2.28. The summed E-state index contributed by atoms with van der Waals surface area (Å²) in [5, 5.41) is 10.9. The molecular weight excluding hydrogens is 431 g/mol. The first kappa shape index (κ1) is 22.3. The number of nitro groups is 1. The number of alkyl halides is 2. The maximum atomic E-state index is 12.3. The Balaban J connectivity index is 2.18. The Hall–Kier alpha value is -2.04. The molecule has 0 saturated carbocycles. The van der Waals surface area contributed by atoms with Crippen molar-refractivity contribution < 1.29 is 17.5 Å². The van der Waals surface area contributed by atoms with Gasteiger partial charge in [0.2, 0.25) is 5.82 Å². The lowest BCUT2D eigenvalue weighted by Gasteiger charge is -2.25. The number of aromatic nitrogens is 2. The second kappa shape index (κ2) is 9.44. The molecular formula is C16H20Cl2N4O5S. The highest BCUT2D eigenvalue weighted by Gasteiger charge is 2.24. The lowest BCUT2D eigenvalue weighted by molar-refractivity contribution is -0.391. The van der Waals surface area contributed by atoms with Crippen LogP contribution in [0.5, 0.6) is 5.75 Å². The number of imidazole rings is 1. The van der Waals surface area contributed by atoms with E-state index in [4.69, 9.17) is 27.4 Å². The number of hydrogen-bond acceptors (Lipinski definition) is 7. The third kappa shape index (κ3) is 5.49. The molecule has 9 nitrogen and oxygen atoms in total. The van der Waals surface area contributed by atoms with Crippen molar-refractivity contribution >= 4 is 44.8 Å². The second-order valence-corrected chi connectivity index (χ2v) is 8.27. The van der Waals surface area contributed by atoms with Crippen molar-refractivity contribution in [2.45, 2.75) is 12.7 Å². The van der Waals surface area contributed by atoms with Gasteiger partial charge in [-0.2, -0.15) is 8.42 Å². The van der Waals surface area contributed by atoms with Crippen molar-refractivity contribution in [2.75, 3.05) is 29.7 Å². The third-order valence-electron chi connectivity index (χ3n) is 3.99. The minimum atomic E-state index is -4.05. The standard InChI is InChI=1S/C16H20Cl2N4O5S/c1-12-9-13(3-4-14(12)21(7-5-17)8-6-18)27-28(25,26)11-15-19-10-16(20(15)2)22(23)24/h3-4,9-10H,5-8,11H2,1-2H3. The van der Waals surface area contributed by atoms with Crippen LogP contribution >= 0.6 is 23.2 Å². The van der Waals surface area contributed by atoms with Gasteiger partial charge >= 0.3 is 15.9 Å². The Bertz CT molecular complexity index is 943. The largest absolute Gasteiger partial charge is 0.382 e. The van der Waals surface area contributed by atoms with Crippen LogP contribution in [0.2, 0.25) is 0 Å². The van der Waals surface area contributed by atoms with E-state index in [1.165, 1.54) is 13.1 Å². The smallest absolute Gasteiger partial charge is 0.342 e. The third-order valence-corrected chi connectivity index (χ3v) is 5.39. The average molecular weight is 451 g/mol. The van der Waals surface area contributed by atoms with E-state index in [9.17, 15) is 18.5 Å². The molecule has 1 aromatic heterocycles. The number of anilines is 1. The van der Waals surface area contributed by atoms with Gasteiger partial charge in [0.05, 0.1) is 7.05 Å². The quantitative estimate of drug-likeness (QED) is 0.237. The Kier molecular flexibility index (Phi) is 7.50. The first-order chi connectivity index (χ1) is 13.2. The Morgan fingerprint density at radius 1 is 1.29 bits per heavy atom. The van der Waals surface area contributed by atoms with Crippen molar-refractivity contribution in [1.82, 2.24) is 9.55 Å². The zero-order valence-corrected chi connectivity index (χ0v) is 17.7. The van der Waals surface area contributed by atoms with Gasteiger partial charge in [-0.1, -0.05) is 0 Å². The van der Waals surface area contributed by atoms with Crippen molar-refractivity contribution in [3.63, 3.8) is 0 Å². The van der Waals surface area contributed by atoms with Crippen LogP contribution in [0.1, 0.15) is 11.4 Å². The number of hydrogen-bond donors (Lipinski definition) is 0. The number of aryl methyl sites for hydroxylation is 1. The van der Waals surface area contributed by atoms with Crippen LogP contribution in [-0.4, -0.2) is 47.7 Å². The molecule has 0 aliphatic rings. The SMILES string of the molecule is Cc1cc(OS(=O)(=O)Cc2ncc([N+](=O)[O-])n2C)ccc1N(CCCl)CCCl. The molecule has 1 heterocycles. The molecule has 0 amide bonds. The fourth-order valence-electron chi connectivity index (χ4n) is 2.67. The molecule has 0 fully saturated rings. The van der Waals surface area contributed by atoms with Crippen molar-refractivity contribution in [3.8, 4) is 5.75 Å². The van der Waals surface area contributed by atoms with Gasteiger partial charge in [0.1, 0.15) is 11.9 Å². The number of benzene rings is 1. The van der Waals surface area contributed by atoms with Gasteiger partial charge in [-0.25, -0.2) is 9.55 Å². The summed E-state index contributed by atoms with van der Waals surface area (Å²) in [6.07, 6.45) is 1.01. The first-order valence-electron chi connectivity index (χ1n) is 8.23. The summed E-state index contributed by atoms with van der Waals surface area (Å²) in [6, 6.07) is 4.88. The summed E-state index contributed by atoms with van der Waals surface area (Å²) in [4.78, 5) is 16.0. The average Bonchev–Trinajstić information content (AvgIpc) is 2.95. The van der Waals surface area contributed by atoms with E-state index < -0.39 is 20.8 Å². The van der Waals surface area contributed by atoms with Gasteiger partial charge in [-0.15, -0.1) is 23.2 Å². The van der Waals surface area contributed by atoms with E-state index in [1.807, 2.05) is 11.8 Å². The first-order valence-corrected chi connectivity index (χ1v) is 10.9. The zero-order chi connectivity index (χ0) is 20.9. The number of nitrogens with zero attached hydrogens (tertiary/aromatic N) is 4. The van der Waals surface area contributed by atoms with Gasteiger partial charge in [0, 0.05) is 30.5 Å². The molecule has 0 aliphatic heterocycles. The van der Waals surface area contributed by atoms with Crippen LogP contribution < -0.4 is 9.08 Å². The Morgan fingerprint density at radius 2 is 1.93 bits per heavy atom. The van der Waals surface area contributed by atoms with E-state index in [0.29, 0.717) is 24.8 Å². The van der Waals surface area contributed by atoms with E-state index >= 15 is 0 Å². The summed E-state index contributed by atoms with van der Waals surface area (Å²) >= 11 is 11.6. The maximum absolute atomic E-state index is 12.3. The highest BCUT2D eigenvalue weighted by molar-refractivity contribution is 7.86. The minimum Gasteiger partial charge on any atom is -0.382 e. The Labute approximate surface area is 173 Å². The molecule has 2 aromatic rings. The summed E-state index contributed by atoms with van der Waals surface area (Å²) < 4.78 is 30.9. The van der Waals surface area contributed by atoms with Gasteiger partial charge in [-0.3, -0.25) is 0 Å². The van der Waals surface area contributed by atoms with Gasteiger partial charge < -0.3 is 19.2 Å². The molecule has 1 aromatic carbocycles. The van der Waals surface area contributed by atoms with Gasteiger partial charge in [-0.05, 0) is 35.6 Å². The van der Waals surface area contributed by atoms with Crippen LogP contribution in [0.4, 0.5) is 11.5 Å². The zero-order valence-electron chi connectivity index (χ0n) is 15.3. The van der Waals surface area contributed by atoms with Crippen molar-refractivity contribution in [1.29, 1.82) is 0 Å². The van der Waals surface area contributed by atoms with Gasteiger partial charge in [0.25, 0.3) is 0 Å². The summed E-state index contributed by atoms with van der Waals surface area (Å²) in [5.41, 5.74) is 1.68. The van der Waals surface area contributed by atoms with Crippen molar-refractivity contribution in [2.24, 2.45) is 7.05 Å². The van der Waals surface area contributed by atoms with Crippen molar-refractivity contribution in [3.05, 3.63) is 45.9 Å². The highest BCUT2D eigenvalue weighted by Crippen LogP contribution is 2.26. The number of rotatable bonds is 10. The van der Waals surface area contributed by atoms with Crippen LogP contribution in [-0.2, 0) is 22.9 Å². The fourth-order valence-corrected chi connectivity index (χ4v) is 4.12. The molecule has 2 rings (SSSR count). The van der Waals surface area contributed by atoms with E-state index in [-0.39, 0.29) is 17.4 Å². The molecule has 0 atom stereocenters. The second-order valence-electron chi connectivity index (χ2n) is 5.95. The predicted octanol–water partition coefficient (Wildman–Crippen LogP) is 2.83. The molecule has 0 radical (unpaired) electrons. The minimum absolute atomic E-state index is 0.00967. The monoisotopic (exact) mass is 450 g/mol. The van der Waals surface area contributed by atoms with E-state index in [1.54, 1.807) is 12.1 Å². The molecule has 0 N–H and O–H groups in total. The lowest BCUT2D eigenvalue weighted by atomic mass is 10.1. The molecule has 28 heavy (non-hydrogen) atoms. The maximum Gasteiger partial charge on any atom is 0.342 e. The van der Waals surface area contributed by atoms with Crippen LogP contribution in [0.25, 0.3) is 0 Å². The molecule has 0 unspecified atom stereocenters. The molecule has 12 heteroatoms. The summed E-state index contributed by atoms with van der Waals surface area (Å²) in [6.45, 7) is 3.03. The molecule has 0 aliphatic carbocycles. The van der Waals surface area contributed by atoms with Crippen LogP contribution in [0, 0.1) is 17.0 Å². The molecule has 0 spiro atoms. The normalized spacial score (nSPS) is 11.4. The number of halogens is 2. The van der Waals surface area contributed by atoms with E-state index in [2.05, 4.69) is 4.98 Å². The predicted molar refractivity (Wildman–Crippen MR) is 108 cm³/mol. The highest BCUT2D eigenvalue weighted by atomic mass is 35.5. The Morgan fingerprint density at radius 3 is 2.43 bits per heavy atom.